The molecule has 0 aliphatic carbocycles. The molecule has 4 heteroatoms. The smallest absolute Gasteiger partial charge is 0.128 e. The van der Waals surface area contributed by atoms with Crippen molar-refractivity contribution in [2.75, 3.05) is 0 Å². The molecular weight excluding hydrogens is 253 g/mol. The lowest BCUT2D eigenvalue weighted by molar-refractivity contribution is 0.561. The number of aromatic nitrogens is 1. The maximum atomic E-state index is 14.0. The third-order valence-corrected chi connectivity index (χ3v) is 3.36. The fraction of sp³-hybridized carbons (Fsp3) is 0.0625. The number of hydrogen-bond donors (Lipinski definition) is 2. The first-order valence-electron chi connectivity index (χ1n) is 6.35. The summed E-state index contributed by atoms with van der Waals surface area (Å²) in [5.41, 5.74) is 4.87. The molecule has 0 aliphatic heterocycles. The number of nitrogens with one attached hydrogen (secondary N) is 1. The third-order valence-electron chi connectivity index (χ3n) is 3.36. The Morgan fingerprint density at radius 2 is 1.70 bits per heavy atom. The van der Waals surface area contributed by atoms with Gasteiger partial charge in [0.1, 0.15) is 5.82 Å². The molecule has 1 atom stereocenters. The van der Waals surface area contributed by atoms with Crippen LogP contribution in [0.25, 0.3) is 10.9 Å². The van der Waals surface area contributed by atoms with Gasteiger partial charge in [-0.25, -0.2) is 9.82 Å². The molecule has 1 heterocycles. The molecule has 3 rings (SSSR count). The van der Waals surface area contributed by atoms with Crippen molar-refractivity contribution in [1.82, 2.24) is 10.4 Å². The molecule has 0 bridgehead atoms. The maximum absolute atomic E-state index is 14.0. The molecule has 20 heavy (non-hydrogen) atoms. The quantitative estimate of drug-likeness (QED) is 0.566. The van der Waals surface area contributed by atoms with Gasteiger partial charge in [-0.2, -0.15) is 0 Å². The summed E-state index contributed by atoms with van der Waals surface area (Å²) in [5, 5.41) is 1.00. The van der Waals surface area contributed by atoms with Crippen molar-refractivity contribution in [1.29, 1.82) is 0 Å². The van der Waals surface area contributed by atoms with Gasteiger partial charge in [-0.05, 0) is 12.1 Å². The van der Waals surface area contributed by atoms with Crippen LogP contribution in [0.15, 0.2) is 60.8 Å². The summed E-state index contributed by atoms with van der Waals surface area (Å²) in [6.45, 7) is 0. The zero-order chi connectivity index (χ0) is 13.9. The Morgan fingerprint density at radius 1 is 0.950 bits per heavy atom. The van der Waals surface area contributed by atoms with E-state index in [2.05, 4.69) is 10.4 Å². The van der Waals surface area contributed by atoms with Crippen LogP contribution in [0.4, 0.5) is 4.39 Å². The van der Waals surface area contributed by atoms with Gasteiger partial charge in [0.25, 0.3) is 0 Å². The Kier molecular flexibility index (Phi) is 3.41. The van der Waals surface area contributed by atoms with Gasteiger partial charge in [-0.1, -0.05) is 42.5 Å². The first-order chi connectivity index (χ1) is 9.81. The molecule has 0 saturated heterocycles. The number of para-hydroxylation sites is 1. The number of hydrogen-bond acceptors (Lipinski definition) is 3. The van der Waals surface area contributed by atoms with E-state index in [1.807, 2.05) is 30.3 Å². The summed E-state index contributed by atoms with van der Waals surface area (Å²) in [7, 11) is 0. The van der Waals surface area contributed by atoms with Crippen LogP contribution >= 0.6 is 0 Å². The molecule has 3 N–H and O–H groups in total. The highest BCUT2D eigenvalue weighted by Crippen LogP contribution is 2.28. The average molecular weight is 267 g/mol. The predicted molar refractivity (Wildman–Crippen MR) is 77.3 cm³/mol. The van der Waals surface area contributed by atoms with Crippen molar-refractivity contribution in [3.63, 3.8) is 0 Å². The largest absolute Gasteiger partial charge is 0.271 e. The first kappa shape index (κ1) is 12.7. The van der Waals surface area contributed by atoms with E-state index in [-0.39, 0.29) is 5.82 Å². The van der Waals surface area contributed by atoms with Crippen molar-refractivity contribution in [2.24, 2.45) is 5.84 Å². The van der Waals surface area contributed by atoms with Crippen LogP contribution in [0.1, 0.15) is 17.2 Å². The van der Waals surface area contributed by atoms with Gasteiger partial charge in [-0.15, -0.1) is 0 Å². The molecule has 0 fully saturated rings. The van der Waals surface area contributed by atoms with Crippen molar-refractivity contribution in [3.05, 3.63) is 77.7 Å². The van der Waals surface area contributed by atoms with E-state index in [0.717, 1.165) is 16.5 Å². The van der Waals surface area contributed by atoms with Crippen molar-refractivity contribution in [2.45, 2.75) is 6.04 Å². The maximum Gasteiger partial charge on any atom is 0.128 e. The first-order valence-corrected chi connectivity index (χ1v) is 6.35. The van der Waals surface area contributed by atoms with E-state index < -0.39 is 6.04 Å². The molecule has 0 saturated carbocycles. The molecule has 0 radical (unpaired) electrons. The van der Waals surface area contributed by atoms with Crippen LogP contribution in [0.2, 0.25) is 0 Å². The Hall–Kier alpha value is -2.30. The predicted octanol–water partition coefficient (Wildman–Crippen LogP) is 2.93. The normalized spacial score (nSPS) is 12.5. The van der Waals surface area contributed by atoms with Gasteiger partial charge < -0.3 is 0 Å². The lowest BCUT2D eigenvalue weighted by atomic mass is 9.96. The fourth-order valence-corrected chi connectivity index (χ4v) is 2.42. The second-order valence-corrected chi connectivity index (χ2v) is 4.54. The zero-order valence-corrected chi connectivity index (χ0v) is 10.8. The summed E-state index contributed by atoms with van der Waals surface area (Å²) in [6.07, 6.45) is 1.72. The number of halogens is 1. The monoisotopic (exact) mass is 267 g/mol. The number of hydrazine groups is 1. The molecule has 0 aliphatic rings. The SMILES string of the molecule is NNC(c1ccccc1F)c1cccc2cccnc12. The molecular formula is C16H14FN3. The minimum absolute atomic E-state index is 0.289. The molecule has 2 aromatic carbocycles. The second kappa shape index (κ2) is 5.36. The van der Waals surface area contributed by atoms with E-state index in [1.54, 1.807) is 24.4 Å². The summed E-state index contributed by atoms with van der Waals surface area (Å²) < 4.78 is 14.0. The van der Waals surface area contributed by atoms with Crippen LogP contribution < -0.4 is 11.3 Å². The number of nitrogens with two attached hydrogens (primary N) is 1. The van der Waals surface area contributed by atoms with Gasteiger partial charge in [0.15, 0.2) is 0 Å². The van der Waals surface area contributed by atoms with E-state index in [0.29, 0.717) is 5.56 Å². The van der Waals surface area contributed by atoms with Crippen molar-refractivity contribution in [3.8, 4) is 0 Å². The number of pyridine rings is 1. The molecule has 1 aromatic heterocycles. The highest BCUT2D eigenvalue weighted by molar-refractivity contribution is 5.82. The highest BCUT2D eigenvalue weighted by Gasteiger charge is 2.18. The second-order valence-electron chi connectivity index (χ2n) is 4.54. The van der Waals surface area contributed by atoms with E-state index >= 15 is 0 Å². The number of benzene rings is 2. The van der Waals surface area contributed by atoms with Crippen molar-refractivity contribution >= 4 is 10.9 Å². The number of fused-ring (bicyclic) bond motifs is 1. The zero-order valence-electron chi connectivity index (χ0n) is 10.8. The third kappa shape index (κ3) is 2.15. The van der Waals surface area contributed by atoms with Gasteiger partial charge >= 0.3 is 0 Å². The molecule has 0 amide bonds. The Morgan fingerprint density at radius 3 is 2.50 bits per heavy atom. The summed E-state index contributed by atoms with van der Waals surface area (Å²) >= 11 is 0. The standard InChI is InChI=1S/C16H14FN3/c17-14-9-2-1-7-12(14)16(20-18)13-8-3-5-11-6-4-10-19-15(11)13/h1-10,16,20H,18H2. The van der Waals surface area contributed by atoms with Gasteiger partial charge in [0, 0.05) is 22.7 Å². The fourth-order valence-electron chi connectivity index (χ4n) is 2.42. The van der Waals surface area contributed by atoms with Crippen LogP contribution in [-0.2, 0) is 0 Å². The van der Waals surface area contributed by atoms with Crippen molar-refractivity contribution < 1.29 is 4.39 Å². The molecule has 3 nitrogen and oxygen atoms in total. The molecule has 1 unspecified atom stereocenters. The Bertz CT molecular complexity index is 737. The van der Waals surface area contributed by atoms with Gasteiger partial charge in [0.2, 0.25) is 0 Å². The van der Waals surface area contributed by atoms with E-state index in [1.165, 1.54) is 6.07 Å². The van der Waals surface area contributed by atoms with E-state index in [9.17, 15) is 4.39 Å². The van der Waals surface area contributed by atoms with Crippen LogP contribution in [-0.4, -0.2) is 4.98 Å². The minimum atomic E-state index is -0.435. The van der Waals surface area contributed by atoms with E-state index in [4.69, 9.17) is 5.84 Å². The Labute approximate surface area is 116 Å². The average Bonchev–Trinajstić information content (AvgIpc) is 2.50. The molecule has 100 valence electrons. The lowest BCUT2D eigenvalue weighted by Crippen LogP contribution is -2.29. The molecule has 0 spiro atoms. The Balaban J connectivity index is 2.20. The summed E-state index contributed by atoms with van der Waals surface area (Å²) in [4.78, 5) is 4.39. The summed E-state index contributed by atoms with van der Waals surface area (Å²) in [5.74, 6) is 5.36. The molecule has 3 aromatic rings. The summed E-state index contributed by atoms with van der Waals surface area (Å²) in [6, 6.07) is 15.8. The lowest BCUT2D eigenvalue weighted by Gasteiger charge is -2.18. The van der Waals surface area contributed by atoms with Gasteiger partial charge in [-0.3, -0.25) is 10.8 Å². The number of rotatable bonds is 3. The number of nitrogens with zero attached hydrogens (tertiary/aromatic N) is 1. The van der Waals surface area contributed by atoms with Crippen LogP contribution in [0, 0.1) is 5.82 Å². The van der Waals surface area contributed by atoms with Crippen LogP contribution in [0.3, 0.4) is 0 Å². The van der Waals surface area contributed by atoms with Gasteiger partial charge in [0.05, 0.1) is 11.6 Å². The topological polar surface area (TPSA) is 50.9 Å². The highest BCUT2D eigenvalue weighted by atomic mass is 19.1. The van der Waals surface area contributed by atoms with Crippen LogP contribution in [0.5, 0.6) is 0 Å². The minimum Gasteiger partial charge on any atom is -0.271 e.